The number of fused-ring (bicyclic) bond motifs is 2. The Labute approximate surface area is 235 Å². The molecule has 0 saturated heterocycles. The summed E-state index contributed by atoms with van der Waals surface area (Å²) >= 11 is 1.56. The van der Waals surface area contributed by atoms with E-state index in [1.807, 2.05) is 54.7 Å². The van der Waals surface area contributed by atoms with Crippen molar-refractivity contribution in [2.45, 2.75) is 51.9 Å². The van der Waals surface area contributed by atoms with Gasteiger partial charge in [0, 0.05) is 35.5 Å². The molecule has 0 saturated carbocycles. The molecule has 1 aliphatic carbocycles. The summed E-state index contributed by atoms with van der Waals surface area (Å²) in [6.07, 6.45) is 6.46. The van der Waals surface area contributed by atoms with Crippen LogP contribution in [0.4, 0.5) is 5.00 Å². The molecule has 2 aromatic carbocycles. The molecule has 6 nitrogen and oxygen atoms in total. The quantitative estimate of drug-likeness (QED) is 0.126. The molecule has 0 unspecified atom stereocenters. The van der Waals surface area contributed by atoms with Crippen molar-refractivity contribution in [3.8, 4) is 5.75 Å². The molecule has 202 valence electrons. The normalized spacial score (nSPS) is 13.2. The number of ketones is 1. The summed E-state index contributed by atoms with van der Waals surface area (Å²) in [5.74, 6) is 0.824. The second kappa shape index (κ2) is 10.6. The molecule has 0 fully saturated rings. The topological polar surface area (TPSA) is 72.5 Å². The highest BCUT2D eigenvalue weighted by Gasteiger charge is 2.38. The fraction of sp³-hybridized carbons (Fsp3) is 0.290. The molecule has 0 atom stereocenters. The Morgan fingerprint density at radius 3 is 2.59 bits per heavy atom. The summed E-state index contributed by atoms with van der Waals surface area (Å²) < 4.78 is 12.5. The number of carbonyl (C=O) groups is 1. The average molecular weight is 558 g/mol. The van der Waals surface area contributed by atoms with Crippen molar-refractivity contribution < 1.29 is 14.1 Å². The number of ether oxygens (including phenoxy) is 1. The van der Waals surface area contributed by atoms with Gasteiger partial charge < -0.3 is 14.6 Å². The Kier molecular flexibility index (Phi) is 7.37. The lowest BCUT2D eigenvalue weighted by molar-refractivity contribution is 0.104. The van der Waals surface area contributed by atoms with Gasteiger partial charge in [-0.05, 0) is 59.9 Å². The Morgan fingerprint density at radius 2 is 1.87 bits per heavy atom. The largest absolute Gasteiger partial charge is 0.497 e. The number of nitrogens with one attached hydrogen (secondary N) is 2. The molecule has 5 rings (SSSR count). The highest BCUT2D eigenvalue weighted by atomic mass is 32.1. The first-order valence-electron chi connectivity index (χ1n) is 13.1. The predicted octanol–water partition coefficient (Wildman–Crippen LogP) is 7.57. The van der Waals surface area contributed by atoms with Crippen LogP contribution in [0.15, 0.2) is 67.0 Å². The number of allylic oxidation sites excluding steroid dienone is 1. The Bertz CT molecular complexity index is 1550. The number of thiophene rings is 1. The maximum Gasteiger partial charge on any atom is 0.228 e. The average Bonchev–Trinajstić information content (AvgIpc) is 3.50. The molecule has 39 heavy (non-hydrogen) atoms. The first-order valence-corrected chi connectivity index (χ1v) is 16.9. The second-order valence-electron chi connectivity index (χ2n) is 11.4. The predicted molar refractivity (Wildman–Crippen MR) is 163 cm³/mol. The van der Waals surface area contributed by atoms with Gasteiger partial charge in [-0.25, -0.2) is 0 Å². The van der Waals surface area contributed by atoms with Crippen LogP contribution in [0.2, 0.25) is 18.1 Å². The third-order valence-electron chi connectivity index (χ3n) is 7.74. The van der Waals surface area contributed by atoms with E-state index in [-0.39, 0.29) is 10.8 Å². The number of nitrogens with zero attached hydrogens (tertiary/aromatic N) is 1. The molecular formula is C31H35N3O3SSi. The minimum absolute atomic E-state index is 0.00594. The van der Waals surface area contributed by atoms with Crippen LogP contribution in [0.25, 0.3) is 15.8 Å². The number of methoxy groups -OCH3 is 1. The second-order valence-corrected chi connectivity index (χ2v) is 17.1. The summed E-state index contributed by atoms with van der Waals surface area (Å²) in [4.78, 5) is 18.2. The van der Waals surface area contributed by atoms with Crippen LogP contribution in [-0.2, 0) is 17.5 Å². The van der Waals surface area contributed by atoms with Gasteiger partial charge in [-0.15, -0.1) is 11.3 Å². The number of hydrogen-bond acceptors (Lipinski definition) is 7. The van der Waals surface area contributed by atoms with Crippen LogP contribution in [0.3, 0.4) is 0 Å². The zero-order valence-corrected chi connectivity index (χ0v) is 25.2. The van der Waals surface area contributed by atoms with Gasteiger partial charge in [0.25, 0.3) is 0 Å². The zero-order chi connectivity index (χ0) is 27.8. The van der Waals surface area contributed by atoms with E-state index in [9.17, 15) is 4.79 Å². The zero-order valence-electron chi connectivity index (χ0n) is 23.3. The number of carbonyl (C=O) groups excluding carboxylic acids is 1. The Hall–Kier alpha value is -3.46. The summed E-state index contributed by atoms with van der Waals surface area (Å²) in [6.45, 7) is 11.7. The van der Waals surface area contributed by atoms with Gasteiger partial charge in [0.05, 0.1) is 23.1 Å². The molecule has 8 heteroatoms. The lowest BCUT2D eigenvalue weighted by Gasteiger charge is -2.35. The molecule has 2 heterocycles. The summed E-state index contributed by atoms with van der Waals surface area (Å²) in [5, 5.41) is 5.38. The number of benzene rings is 2. The van der Waals surface area contributed by atoms with Gasteiger partial charge >= 0.3 is 0 Å². The van der Waals surface area contributed by atoms with Crippen LogP contribution in [-0.4, -0.2) is 26.2 Å². The van der Waals surface area contributed by atoms with Crippen LogP contribution < -0.4 is 15.5 Å². The fourth-order valence-electron chi connectivity index (χ4n) is 4.29. The van der Waals surface area contributed by atoms with Crippen LogP contribution in [0, 0.1) is 0 Å². The first kappa shape index (κ1) is 27.1. The maximum absolute atomic E-state index is 14.0. The van der Waals surface area contributed by atoms with Crippen molar-refractivity contribution >= 4 is 46.2 Å². The van der Waals surface area contributed by atoms with E-state index in [1.165, 1.54) is 0 Å². The molecule has 0 aliphatic heterocycles. The number of aromatic nitrogens is 1. The number of hydrogen-bond donors (Lipinski definition) is 2. The summed E-state index contributed by atoms with van der Waals surface area (Å²) in [6, 6.07) is 15.8. The van der Waals surface area contributed by atoms with Gasteiger partial charge in [-0.1, -0.05) is 51.1 Å². The molecule has 0 bridgehead atoms. The summed E-state index contributed by atoms with van der Waals surface area (Å²) in [7, 11) is -0.293. The number of rotatable bonds is 9. The fourth-order valence-corrected chi connectivity index (χ4v) is 6.03. The standard InChI is InChI=1S/C31H35N3O3SSi/c1-31(2,3)39(5,6)37-34-26-14-10-21-17-22(9-13-24(21)26)29(35)28-25-15-16-32-19-27(25)38-30(28)33-18-20-7-11-23(36-4)12-8-20/h7-9,11-17,19,33-34H,10,18H2,1-6H3. The van der Waals surface area contributed by atoms with E-state index in [0.29, 0.717) is 17.7 Å². The van der Waals surface area contributed by atoms with E-state index < -0.39 is 8.32 Å². The van der Waals surface area contributed by atoms with Gasteiger partial charge in [-0.2, -0.15) is 0 Å². The Morgan fingerprint density at radius 1 is 1.10 bits per heavy atom. The van der Waals surface area contributed by atoms with Crippen molar-refractivity contribution in [3.63, 3.8) is 0 Å². The van der Waals surface area contributed by atoms with E-state index in [1.54, 1.807) is 24.6 Å². The van der Waals surface area contributed by atoms with Crippen molar-refractivity contribution in [1.82, 2.24) is 10.5 Å². The molecule has 0 radical (unpaired) electrons. The van der Waals surface area contributed by atoms with E-state index >= 15 is 0 Å². The van der Waals surface area contributed by atoms with Crippen molar-refractivity contribution in [3.05, 3.63) is 94.8 Å². The highest BCUT2D eigenvalue weighted by molar-refractivity contribution is 7.23. The third kappa shape index (κ3) is 5.50. The van der Waals surface area contributed by atoms with Gasteiger partial charge in [0.15, 0.2) is 5.78 Å². The lowest BCUT2D eigenvalue weighted by Crippen LogP contribution is -2.44. The molecule has 4 aromatic rings. The number of anilines is 1. The van der Waals surface area contributed by atoms with Crippen molar-refractivity contribution in [2.24, 2.45) is 0 Å². The van der Waals surface area contributed by atoms with Crippen molar-refractivity contribution in [1.29, 1.82) is 0 Å². The number of pyridine rings is 1. The van der Waals surface area contributed by atoms with Gasteiger partial charge in [-0.3, -0.25) is 15.3 Å². The van der Waals surface area contributed by atoms with E-state index in [0.717, 1.165) is 49.6 Å². The van der Waals surface area contributed by atoms with Crippen LogP contribution >= 0.6 is 11.3 Å². The third-order valence-corrected chi connectivity index (χ3v) is 13.1. The smallest absolute Gasteiger partial charge is 0.228 e. The van der Waals surface area contributed by atoms with Crippen molar-refractivity contribution in [2.75, 3.05) is 12.4 Å². The summed E-state index contributed by atoms with van der Waals surface area (Å²) in [5.41, 5.74) is 8.90. The molecule has 0 spiro atoms. The molecular weight excluding hydrogens is 523 g/mol. The van der Waals surface area contributed by atoms with Gasteiger partial charge in [0.2, 0.25) is 8.32 Å². The molecule has 2 N–H and O–H groups in total. The highest BCUT2D eigenvalue weighted by Crippen LogP contribution is 2.39. The lowest BCUT2D eigenvalue weighted by atomic mass is 9.98. The van der Waals surface area contributed by atoms with Crippen LogP contribution in [0.1, 0.15) is 53.4 Å². The minimum Gasteiger partial charge on any atom is -0.497 e. The maximum atomic E-state index is 14.0. The Balaban J connectivity index is 1.38. The molecule has 0 amide bonds. The van der Waals surface area contributed by atoms with E-state index in [4.69, 9.17) is 9.26 Å². The molecule has 2 aromatic heterocycles. The first-order chi connectivity index (χ1) is 18.6. The number of hydroxylamine groups is 1. The monoisotopic (exact) mass is 557 g/mol. The molecule has 1 aliphatic rings. The van der Waals surface area contributed by atoms with Gasteiger partial charge in [0.1, 0.15) is 10.8 Å². The van der Waals surface area contributed by atoms with Crippen LogP contribution in [0.5, 0.6) is 5.75 Å². The SMILES string of the molecule is COc1ccc(CNc2sc3cnccc3c2C(=O)c2ccc3c(c2)CC=C3NO[Si](C)(C)C(C)(C)C)cc1. The minimum atomic E-state index is -1.95. The van der Waals surface area contributed by atoms with E-state index in [2.05, 4.69) is 55.7 Å².